The molecule has 0 aromatic carbocycles. The van der Waals surface area contributed by atoms with E-state index in [4.69, 9.17) is 9.47 Å². The lowest BCUT2D eigenvalue weighted by Gasteiger charge is -2.33. The molecule has 0 bridgehead atoms. The maximum Gasteiger partial charge on any atom is 0.0731 e. The van der Waals surface area contributed by atoms with Crippen molar-refractivity contribution in [2.24, 2.45) is 0 Å². The molecule has 1 aliphatic rings. The van der Waals surface area contributed by atoms with Gasteiger partial charge in [-0.1, -0.05) is 0 Å². The maximum absolute atomic E-state index is 5.87. The summed E-state index contributed by atoms with van der Waals surface area (Å²) < 4.78 is 11.2. The first kappa shape index (κ1) is 14.2. The number of nitrogens with one attached hydrogen (secondary N) is 1. The van der Waals surface area contributed by atoms with Crippen molar-refractivity contribution in [2.75, 3.05) is 20.2 Å². The van der Waals surface area contributed by atoms with Gasteiger partial charge in [0.15, 0.2) is 0 Å². The Morgan fingerprint density at radius 3 is 2.21 bits per heavy atom. The van der Waals surface area contributed by atoms with Crippen LogP contribution < -0.4 is 5.32 Å². The van der Waals surface area contributed by atoms with E-state index >= 15 is 0 Å². The lowest BCUT2D eigenvalue weighted by molar-refractivity contribution is -0.0901. The molecule has 1 N–H and O–H groups in total. The van der Waals surface area contributed by atoms with Crippen molar-refractivity contribution in [2.45, 2.75) is 45.0 Å². The van der Waals surface area contributed by atoms with Crippen molar-refractivity contribution in [1.82, 2.24) is 5.32 Å². The Labute approximate surface area is 92.9 Å². The molecule has 0 aliphatic carbocycles. The van der Waals surface area contributed by atoms with Crippen LogP contribution in [-0.2, 0) is 9.47 Å². The molecule has 2 atom stereocenters. The van der Waals surface area contributed by atoms with Crippen LogP contribution in [0.5, 0.6) is 0 Å². The molecule has 0 amide bonds. The average Bonchev–Trinajstić information content (AvgIpc) is 2.01. The highest BCUT2D eigenvalue weighted by Gasteiger charge is 2.25. The number of hydrogen-bond acceptors (Lipinski definition) is 3. The molecule has 4 heteroatoms. The fourth-order valence-electron chi connectivity index (χ4n) is 1.63. The number of rotatable bonds is 2. The first-order valence-corrected chi connectivity index (χ1v) is 4.92. The Bertz CT molecular complexity index is 159. The predicted molar refractivity (Wildman–Crippen MR) is 60.2 cm³/mol. The third-order valence-corrected chi connectivity index (χ3v) is 2.12. The van der Waals surface area contributed by atoms with Crippen molar-refractivity contribution in [1.29, 1.82) is 0 Å². The van der Waals surface area contributed by atoms with Gasteiger partial charge in [-0.3, -0.25) is 0 Å². The summed E-state index contributed by atoms with van der Waals surface area (Å²) in [6.45, 7) is 8.15. The molecule has 0 unspecified atom stereocenters. The van der Waals surface area contributed by atoms with Gasteiger partial charge in [0.1, 0.15) is 0 Å². The zero-order valence-corrected chi connectivity index (χ0v) is 10.3. The van der Waals surface area contributed by atoms with E-state index in [9.17, 15) is 0 Å². The fraction of sp³-hybridized carbons (Fsp3) is 1.00. The quantitative estimate of drug-likeness (QED) is 0.772. The molecule has 0 spiro atoms. The van der Waals surface area contributed by atoms with Gasteiger partial charge in [0.25, 0.3) is 0 Å². The Kier molecular flexibility index (Phi) is 5.98. The molecule has 14 heavy (non-hydrogen) atoms. The number of methoxy groups -OCH3 is 1. The summed E-state index contributed by atoms with van der Waals surface area (Å²) in [6.07, 6.45) is 1.60. The topological polar surface area (TPSA) is 30.5 Å². The van der Waals surface area contributed by atoms with Crippen LogP contribution >= 0.6 is 12.4 Å². The Morgan fingerprint density at radius 1 is 1.14 bits per heavy atom. The molecule has 1 heterocycles. The summed E-state index contributed by atoms with van der Waals surface area (Å²) in [5, 5.41) is 3.31. The average molecular weight is 224 g/mol. The number of halogens is 1. The summed E-state index contributed by atoms with van der Waals surface area (Å²) in [7, 11) is 1.76. The minimum absolute atomic E-state index is 0. The molecule has 1 rings (SSSR count). The summed E-state index contributed by atoms with van der Waals surface area (Å²) in [5.41, 5.74) is -0.0536. The highest BCUT2D eigenvalue weighted by Crippen LogP contribution is 2.17. The minimum atomic E-state index is -0.0536. The standard InChI is InChI=1S/C10H21NO2.ClH/c1-10(2,3)13-9-5-8(12-4)6-11-7-9;/h8-9,11H,5-7H2,1-4H3;1H/t8-,9+;/m1./s1. The van der Waals surface area contributed by atoms with Crippen LogP contribution in [0.15, 0.2) is 0 Å². The van der Waals surface area contributed by atoms with Crippen molar-refractivity contribution < 1.29 is 9.47 Å². The minimum Gasteiger partial charge on any atom is -0.380 e. The van der Waals surface area contributed by atoms with E-state index < -0.39 is 0 Å². The molecule has 1 fully saturated rings. The van der Waals surface area contributed by atoms with Crippen molar-refractivity contribution in [3.05, 3.63) is 0 Å². The third kappa shape index (κ3) is 5.15. The summed E-state index contributed by atoms with van der Waals surface area (Å²) in [5.74, 6) is 0. The second-order valence-electron chi connectivity index (χ2n) is 4.60. The zero-order valence-electron chi connectivity index (χ0n) is 9.50. The van der Waals surface area contributed by atoms with Crippen LogP contribution in [0.4, 0.5) is 0 Å². The SMILES string of the molecule is CO[C@H]1CNC[C@@H](OC(C)(C)C)C1.Cl. The van der Waals surface area contributed by atoms with E-state index in [1.807, 2.05) is 0 Å². The maximum atomic E-state index is 5.87. The summed E-state index contributed by atoms with van der Waals surface area (Å²) in [4.78, 5) is 0. The van der Waals surface area contributed by atoms with Crippen LogP contribution in [0, 0.1) is 0 Å². The number of piperidine rings is 1. The van der Waals surface area contributed by atoms with Gasteiger partial charge in [0.05, 0.1) is 17.8 Å². The molecule has 3 nitrogen and oxygen atoms in total. The van der Waals surface area contributed by atoms with Crippen LogP contribution in [-0.4, -0.2) is 38.0 Å². The molecule has 0 saturated carbocycles. The van der Waals surface area contributed by atoms with Gasteiger partial charge in [-0.25, -0.2) is 0 Å². The molecule has 86 valence electrons. The van der Waals surface area contributed by atoms with Crippen LogP contribution in [0.1, 0.15) is 27.2 Å². The molecule has 0 aromatic rings. The molecule has 1 saturated heterocycles. The van der Waals surface area contributed by atoms with Gasteiger partial charge in [0, 0.05) is 26.6 Å². The zero-order chi connectivity index (χ0) is 9.90. The van der Waals surface area contributed by atoms with Gasteiger partial charge in [-0.2, -0.15) is 0 Å². The summed E-state index contributed by atoms with van der Waals surface area (Å²) in [6, 6.07) is 0. The first-order chi connectivity index (χ1) is 6.01. The van der Waals surface area contributed by atoms with Gasteiger partial charge in [-0.05, 0) is 20.8 Å². The van der Waals surface area contributed by atoms with Crippen LogP contribution in [0.25, 0.3) is 0 Å². The molecular formula is C10H22ClNO2. The van der Waals surface area contributed by atoms with E-state index in [-0.39, 0.29) is 18.0 Å². The van der Waals surface area contributed by atoms with Gasteiger partial charge < -0.3 is 14.8 Å². The lowest BCUT2D eigenvalue weighted by atomic mass is 10.1. The number of ether oxygens (including phenoxy) is 2. The Morgan fingerprint density at radius 2 is 1.71 bits per heavy atom. The van der Waals surface area contributed by atoms with Crippen molar-refractivity contribution in [3.8, 4) is 0 Å². The van der Waals surface area contributed by atoms with E-state index in [0.717, 1.165) is 19.5 Å². The Balaban J connectivity index is 0.00000169. The van der Waals surface area contributed by atoms with E-state index in [0.29, 0.717) is 12.2 Å². The molecule has 0 radical (unpaired) electrons. The van der Waals surface area contributed by atoms with Gasteiger partial charge in [0.2, 0.25) is 0 Å². The largest absolute Gasteiger partial charge is 0.380 e. The second kappa shape index (κ2) is 5.91. The molecule has 1 aliphatic heterocycles. The normalized spacial score (nSPS) is 28.3. The predicted octanol–water partition coefficient (Wildman–Crippen LogP) is 1.60. The first-order valence-electron chi connectivity index (χ1n) is 4.92. The highest BCUT2D eigenvalue weighted by atomic mass is 35.5. The van der Waals surface area contributed by atoms with E-state index in [1.165, 1.54) is 0 Å². The Hall–Kier alpha value is 0.170. The second-order valence-corrected chi connectivity index (χ2v) is 4.60. The van der Waals surface area contributed by atoms with Crippen molar-refractivity contribution in [3.63, 3.8) is 0 Å². The van der Waals surface area contributed by atoms with E-state index in [2.05, 4.69) is 26.1 Å². The smallest absolute Gasteiger partial charge is 0.0731 e. The van der Waals surface area contributed by atoms with Crippen LogP contribution in [0.2, 0.25) is 0 Å². The lowest BCUT2D eigenvalue weighted by Crippen LogP contribution is -2.46. The third-order valence-electron chi connectivity index (χ3n) is 2.12. The monoisotopic (exact) mass is 223 g/mol. The van der Waals surface area contributed by atoms with Crippen molar-refractivity contribution >= 4 is 12.4 Å². The van der Waals surface area contributed by atoms with Gasteiger partial charge in [-0.15, -0.1) is 12.4 Å². The molecular weight excluding hydrogens is 202 g/mol. The highest BCUT2D eigenvalue weighted by molar-refractivity contribution is 5.85. The summed E-state index contributed by atoms with van der Waals surface area (Å²) >= 11 is 0. The fourth-order valence-corrected chi connectivity index (χ4v) is 1.63. The molecule has 0 aromatic heterocycles. The van der Waals surface area contributed by atoms with Crippen LogP contribution in [0.3, 0.4) is 0 Å². The van der Waals surface area contributed by atoms with E-state index in [1.54, 1.807) is 7.11 Å². The number of hydrogen-bond donors (Lipinski definition) is 1. The van der Waals surface area contributed by atoms with Gasteiger partial charge >= 0.3 is 0 Å².